The molecular weight excluding hydrogens is 438 g/mol. The number of hydrogen-bond donors (Lipinski definition) is 1. The van der Waals surface area contributed by atoms with Crippen LogP contribution >= 0.6 is 0 Å². The Morgan fingerprint density at radius 3 is 2.63 bits per heavy atom. The molecule has 3 aliphatic heterocycles. The molecule has 0 radical (unpaired) electrons. The molecule has 1 aromatic heterocycles. The van der Waals surface area contributed by atoms with Crippen molar-refractivity contribution in [1.82, 2.24) is 14.8 Å². The molecule has 6 heteroatoms. The number of carbonyl (C=O) groups excluding carboxylic acids is 1. The molecule has 0 aliphatic carbocycles. The number of amides is 1. The van der Waals surface area contributed by atoms with Gasteiger partial charge in [0, 0.05) is 36.8 Å². The second kappa shape index (κ2) is 10.8. The van der Waals surface area contributed by atoms with Gasteiger partial charge in [-0.25, -0.2) is 0 Å². The van der Waals surface area contributed by atoms with Crippen molar-refractivity contribution in [2.24, 2.45) is 5.41 Å². The maximum atomic E-state index is 13.5. The smallest absolute Gasteiger partial charge is 0.255 e. The fourth-order valence-electron chi connectivity index (χ4n) is 5.44. The van der Waals surface area contributed by atoms with Crippen LogP contribution in [0.15, 0.2) is 60.8 Å². The van der Waals surface area contributed by atoms with Crippen LogP contribution in [0.3, 0.4) is 0 Å². The molecular formula is C29H35N3O3. The van der Waals surface area contributed by atoms with E-state index in [9.17, 15) is 9.90 Å². The van der Waals surface area contributed by atoms with E-state index in [1.54, 1.807) is 6.20 Å². The lowest BCUT2D eigenvalue weighted by atomic mass is 9.75. The lowest BCUT2D eigenvalue weighted by molar-refractivity contribution is 0.0319. The monoisotopic (exact) mass is 473 g/mol. The van der Waals surface area contributed by atoms with Crippen molar-refractivity contribution >= 4 is 16.8 Å². The number of benzene rings is 2. The number of pyridine rings is 1. The highest BCUT2D eigenvalue weighted by Gasteiger charge is 2.34. The first-order chi connectivity index (χ1) is 17.2. The van der Waals surface area contributed by atoms with Crippen molar-refractivity contribution in [2.45, 2.75) is 38.6 Å². The van der Waals surface area contributed by atoms with Crippen molar-refractivity contribution in [3.8, 4) is 5.75 Å². The summed E-state index contributed by atoms with van der Waals surface area (Å²) in [6.45, 7) is 4.72. The number of nitrogens with zero attached hydrogens (tertiary/aromatic N) is 3. The van der Waals surface area contributed by atoms with Gasteiger partial charge in [0.25, 0.3) is 5.91 Å². The highest BCUT2D eigenvalue weighted by molar-refractivity contribution is 5.97. The van der Waals surface area contributed by atoms with Crippen molar-refractivity contribution < 1.29 is 14.6 Å². The van der Waals surface area contributed by atoms with Crippen LogP contribution < -0.4 is 4.74 Å². The van der Waals surface area contributed by atoms with E-state index in [0.29, 0.717) is 25.3 Å². The predicted molar refractivity (Wildman–Crippen MR) is 137 cm³/mol. The first kappa shape index (κ1) is 23.8. The van der Waals surface area contributed by atoms with Crippen molar-refractivity contribution in [2.75, 3.05) is 39.4 Å². The van der Waals surface area contributed by atoms with Crippen LogP contribution in [0.1, 0.15) is 48.0 Å². The molecule has 0 atom stereocenters. The van der Waals surface area contributed by atoms with Crippen molar-refractivity contribution in [3.05, 3.63) is 71.9 Å². The van der Waals surface area contributed by atoms with E-state index in [1.165, 1.54) is 5.56 Å². The summed E-state index contributed by atoms with van der Waals surface area (Å²) in [6, 6.07) is 18.0. The van der Waals surface area contributed by atoms with Crippen LogP contribution in [0, 0.1) is 5.41 Å². The second-order valence-electron chi connectivity index (χ2n) is 10.1. The summed E-state index contributed by atoms with van der Waals surface area (Å²) >= 11 is 0. The SMILES string of the molecule is O=C(c1cnc2ccccc2c1)N1CCCCC2(CO)CCN(CC2)Cc2ccccc2OCC1. The number of para-hydroxylation sites is 2. The molecule has 0 saturated carbocycles. The van der Waals surface area contributed by atoms with E-state index in [0.717, 1.165) is 68.4 Å². The van der Waals surface area contributed by atoms with Gasteiger partial charge in [-0.1, -0.05) is 42.8 Å². The van der Waals surface area contributed by atoms with E-state index < -0.39 is 0 Å². The van der Waals surface area contributed by atoms with Gasteiger partial charge in [0.05, 0.1) is 17.6 Å². The Kier molecular flexibility index (Phi) is 7.30. The zero-order chi connectivity index (χ0) is 24.1. The number of aromatic nitrogens is 1. The lowest BCUT2D eigenvalue weighted by Crippen LogP contribution is -2.41. The molecule has 6 nitrogen and oxygen atoms in total. The number of ether oxygens (including phenoxy) is 1. The molecule has 1 saturated heterocycles. The molecule has 1 amide bonds. The van der Waals surface area contributed by atoms with Gasteiger partial charge in [0.1, 0.15) is 12.4 Å². The summed E-state index contributed by atoms with van der Waals surface area (Å²) in [4.78, 5) is 22.4. The summed E-state index contributed by atoms with van der Waals surface area (Å²) in [5.74, 6) is 0.884. The number of piperidine rings is 1. The number of rotatable bonds is 2. The van der Waals surface area contributed by atoms with Gasteiger partial charge in [-0.2, -0.15) is 0 Å². The Labute approximate surface area is 207 Å². The normalized spacial score (nSPS) is 23.7. The molecule has 3 aromatic rings. The molecule has 2 aromatic carbocycles. The lowest BCUT2D eigenvalue weighted by Gasteiger charge is -2.41. The average Bonchev–Trinajstić information content (AvgIpc) is 2.92. The van der Waals surface area contributed by atoms with Gasteiger partial charge < -0.3 is 14.7 Å². The zero-order valence-electron chi connectivity index (χ0n) is 20.4. The maximum Gasteiger partial charge on any atom is 0.255 e. The van der Waals surface area contributed by atoms with E-state index in [4.69, 9.17) is 4.74 Å². The fraction of sp³-hybridized carbons (Fsp3) is 0.448. The highest BCUT2D eigenvalue weighted by atomic mass is 16.5. The minimum Gasteiger partial charge on any atom is -0.491 e. The van der Waals surface area contributed by atoms with Gasteiger partial charge in [-0.3, -0.25) is 14.7 Å². The zero-order valence-corrected chi connectivity index (χ0v) is 20.4. The van der Waals surface area contributed by atoms with Gasteiger partial charge in [0.15, 0.2) is 0 Å². The highest BCUT2D eigenvalue weighted by Crippen LogP contribution is 2.37. The quantitative estimate of drug-likeness (QED) is 0.593. The second-order valence-corrected chi connectivity index (χ2v) is 10.1. The van der Waals surface area contributed by atoms with Crippen molar-refractivity contribution in [1.29, 1.82) is 0 Å². The summed E-state index contributed by atoms with van der Waals surface area (Å²) in [6.07, 6.45) is 6.63. The summed E-state index contributed by atoms with van der Waals surface area (Å²) in [5.41, 5.74) is 2.68. The Morgan fingerprint density at radius 1 is 0.971 bits per heavy atom. The van der Waals surface area contributed by atoms with Crippen molar-refractivity contribution in [3.63, 3.8) is 0 Å². The van der Waals surface area contributed by atoms with Crippen LogP contribution in [0.2, 0.25) is 0 Å². The minimum absolute atomic E-state index is 0.00377. The number of aliphatic hydroxyl groups excluding tert-OH is 1. The molecule has 0 spiro atoms. The largest absolute Gasteiger partial charge is 0.491 e. The maximum absolute atomic E-state index is 13.5. The summed E-state index contributed by atoms with van der Waals surface area (Å²) < 4.78 is 6.22. The van der Waals surface area contributed by atoms with Crippen LogP contribution in [0.25, 0.3) is 10.9 Å². The third-order valence-corrected chi connectivity index (χ3v) is 7.75. The number of fused-ring (bicyclic) bond motifs is 10. The first-order valence-electron chi connectivity index (χ1n) is 12.8. The van der Waals surface area contributed by atoms with Gasteiger partial charge in [0.2, 0.25) is 0 Å². The van der Waals surface area contributed by atoms with Gasteiger partial charge >= 0.3 is 0 Å². The average molecular weight is 474 g/mol. The molecule has 0 unspecified atom stereocenters. The molecule has 1 N–H and O–H groups in total. The van der Waals surface area contributed by atoms with E-state index >= 15 is 0 Å². The molecule has 2 bridgehead atoms. The van der Waals surface area contributed by atoms with E-state index in [1.807, 2.05) is 47.4 Å². The van der Waals surface area contributed by atoms with E-state index in [2.05, 4.69) is 22.0 Å². The topological polar surface area (TPSA) is 65.9 Å². The summed E-state index contributed by atoms with van der Waals surface area (Å²) in [7, 11) is 0. The Balaban J connectivity index is 1.37. The fourth-order valence-corrected chi connectivity index (χ4v) is 5.44. The van der Waals surface area contributed by atoms with Gasteiger partial charge in [-0.15, -0.1) is 0 Å². The number of carbonyl (C=O) groups is 1. The molecule has 35 heavy (non-hydrogen) atoms. The predicted octanol–water partition coefficient (Wildman–Crippen LogP) is 4.51. The molecule has 6 rings (SSSR count). The third kappa shape index (κ3) is 5.49. The molecule has 1 fully saturated rings. The van der Waals surface area contributed by atoms with Crippen LogP contribution in [-0.4, -0.2) is 65.2 Å². The first-order valence-corrected chi connectivity index (χ1v) is 12.8. The summed E-state index contributed by atoms with van der Waals surface area (Å²) in [5, 5.41) is 11.2. The van der Waals surface area contributed by atoms with Crippen LogP contribution in [-0.2, 0) is 6.54 Å². The Bertz CT molecular complexity index is 1160. The molecule has 3 aliphatic rings. The molecule has 4 heterocycles. The third-order valence-electron chi connectivity index (χ3n) is 7.75. The Hall–Kier alpha value is -2.96. The number of hydrogen-bond acceptors (Lipinski definition) is 5. The molecule has 184 valence electrons. The van der Waals surface area contributed by atoms with Gasteiger partial charge in [-0.05, 0) is 62.4 Å². The Morgan fingerprint density at radius 2 is 1.77 bits per heavy atom. The van der Waals surface area contributed by atoms with E-state index in [-0.39, 0.29) is 17.9 Å². The van der Waals surface area contributed by atoms with Crippen LogP contribution in [0.5, 0.6) is 5.75 Å². The number of aliphatic hydroxyl groups is 1. The van der Waals surface area contributed by atoms with Crippen LogP contribution in [0.4, 0.5) is 0 Å². The standard InChI is InChI=1S/C29H35N3O3/c33-22-29-11-5-6-14-32(28(34)25-19-23-7-1-3-9-26(23)30-20-25)17-18-35-27-10-4-2-8-24(27)21-31(15-12-29)16-13-29/h1-4,7-10,19-20,33H,5-6,11-18,21-22H2. The minimum atomic E-state index is -0.00614.